The number of anilines is 2. The summed E-state index contributed by atoms with van der Waals surface area (Å²) in [5.74, 6) is -0.729. The maximum Gasteiger partial charge on any atom is 0.272 e. The van der Waals surface area contributed by atoms with E-state index in [1.54, 1.807) is 66.7 Å². The Morgan fingerprint density at radius 3 is 2.20 bits per heavy atom. The first-order valence-electron chi connectivity index (χ1n) is 12.5. The first-order chi connectivity index (χ1) is 19.3. The summed E-state index contributed by atoms with van der Waals surface area (Å²) in [5, 5.41) is 9.06. The molecule has 3 amide bonds. The van der Waals surface area contributed by atoms with Gasteiger partial charge in [0.05, 0.1) is 5.75 Å². The summed E-state index contributed by atoms with van der Waals surface area (Å²) in [5.41, 5.74) is 4.72. The first kappa shape index (κ1) is 28.7. The Bertz CT molecular complexity index is 1540. The second kappa shape index (κ2) is 13.6. The predicted molar refractivity (Wildman–Crippen MR) is 164 cm³/mol. The van der Waals surface area contributed by atoms with Gasteiger partial charge in [0.2, 0.25) is 5.91 Å². The maximum atomic E-state index is 13.2. The lowest BCUT2D eigenvalue weighted by atomic mass is 10.1. The molecular formula is C32H28ClN3O3S. The number of nitrogens with one attached hydrogen (secondary N) is 3. The molecular weight excluding hydrogens is 542 g/mol. The lowest BCUT2D eigenvalue weighted by Crippen LogP contribution is -2.30. The monoisotopic (exact) mass is 569 g/mol. The summed E-state index contributed by atoms with van der Waals surface area (Å²) in [7, 11) is 0. The summed E-state index contributed by atoms with van der Waals surface area (Å²) in [6.45, 7) is 3.98. The van der Waals surface area contributed by atoms with Crippen molar-refractivity contribution in [1.29, 1.82) is 0 Å². The van der Waals surface area contributed by atoms with Gasteiger partial charge in [-0.1, -0.05) is 59.6 Å². The number of halogens is 1. The van der Waals surface area contributed by atoms with Crippen LogP contribution < -0.4 is 16.0 Å². The Kier molecular flexibility index (Phi) is 9.78. The third-order valence-corrected chi connectivity index (χ3v) is 7.11. The zero-order valence-electron chi connectivity index (χ0n) is 22.0. The molecule has 4 aromatic rings. The van der Waals surface area contributed by atoms with E-state index in [0.29, 0.717) is 21.8 Å². The minimum absolute atomic E-state index is 0.0812. The van der Waals surface area contributed by atoms with Crippen LogP contribution in [0.25, 0.3) is 6.08 Å². The van der Waals surface area contributed by atoms with Gasteiger partial charge in [-0.05, 0) is 85.6 Å². The van der Waals surface area contributed by atoms with E-state index in [9.17, 15) is 14.4 Å². The van der Waals surface area contributed by atoms with Crippen molar-refractivity contribution in [2.75, 3.05) is 16.4 Å². The van der Waals surface area contributed by atoms with Crippen molar-refractivity contribution < 1.29 is 14.4 Å². The molecule has 4 rings (SSSR count). The molecule has 0 atom stereocenters. The van der Waals surface area contributed by atoms with Crippen LogP contribution in [0, 0.1) is 13.8 Å². The van der Waals surface area contributed by atoms with Crippen LogP contribution in [0.1, 0.15) is 27.0 Å². The molecule has 0 aromatic heterocycles. The van der Waals surface area contributed by atoms with Crippen molar-refractivity contribution in [3.05, 3.63) is 130 Å². The summed E-state index contributed by atoms with van der Waals surface area (Å²) in [6.07, 6.45) is 1.59. The van der Waals surface area contributed by atoms with Gasteiger partial charge in [0, 0.05) is 26.9 Å². The van der Waals surface area contributed by atoms with E-state index >= 15 is 0 Å². The largest absolute Gasteiger partial charge is 0.325 e. The highest BCUT2D eigenvalue weighted by Crippen LogP contribution is 2.22. The van der Waals surface area contributed by atoms with Crippen LogP contribution in [0.2, 0.25) is 5.02 Å². The molecule has 0 unspecified atom stereocenters. The standard InChI is InChI=1S/C32H28ClN3O3S/c1-21-8-17-28(22(2)18-21)35-30(37)20-40-27-15-13-26(14-16-27)34-32(39)29(19-23-9-11-25(33)12-10-23)36-31(38)24-6-4-3-5-7-24/h3-19H,20H2,1-2H3,(H,34,39)(H,35,37)(H,36,38)/b29-19-. The molecule has 0 spiro atoms. The summed E-state index contributed by atoms with van der Waals surface area (Å²) < 4.78 is 0. The zero-order valence-corrected chi connectivity index (χ0v) is 23.6. The first-order valence-corrected chi connectivity index (χ1v) is 13.9. The van der Waals surface area contributed by atoms with E-state index in [2.05, 4.69) is 16.0 Å². The molecule has 0 heterocycles. The van der Waals surface area contributed by atoms with Crippen LogP contribution in [0.3, 0.4) is 0 Å². The SMILES string of the molecule is Cc1ccc(NC(=O)CSc2ccc(NC(=O)/C(=C/c3ccc(Cl)cc3)NC(=O)c3ccccc3)cc2)c(C)c1. The number of benzene rings is 4. The lowest BCUT2D eigenvalue weighted by Gasteiger charge is -2.12. The fourth-order valence-electron chi connectivity index (χ4n) is 3.79. The van der Waals surface area contributed by atoms with Crippen molar-refractivity contribution in [2.24, 2.45) is 0 Å². The number of aryl methyl sites for hydroxylation is 2. The molecule has 0 saturated carbocycles. The molecule has 0 fully saturated rings. The molecule has 40 heavy (non-hydrogen) atoms. The van der Waals surface area contributed by atoms with Gasteiger partial charge in [-0.25, -0.2) is 0 Å². The van der Waals surface area contributed by atoms with Crippen molar-refractivity contribution in [2.45, 2.75) is 18.7 Å². The normalized spacial score (nSPS) is 11.0. The van der Waals surface area contributed by atoms with Crippen LogP contribution in [0.4, 0.5) is 11.4 Å². The molecule has 0 radical (unpaired) electrons. The quantitative estimate of drug-likeness (QED) is 0.148. The summed E-state index contributed by atoms with van der Waals surface area (Å²) in [6, 6.07) is 28.7. The highest BCUT2D eigenvalue weighted by molar-refractivity contribution is 8.00. The maximum absolute atomic E-state index is 13.2. The van der Waals surface area contributed by atoms with Crippen LogP contribution >= 0.6 is 23.4 Å². The number of amides is 3. The second-order valence-corrected chi connectivity index (χ2v) is 10.5. The predicted octanol–water partition coefficient (Wildman–Crippen LogP) is 7.10. The van der Waals surface area contributed by atoms with E-state index in [1.165, 1.54) is 11.8 Å². The van der Waals surface area contributed by atoms with Gasteiger partial charge in [0.1, 0.15) is 5.70 Å². The minimum Gasteiger partial charge on any atom is -0.325 e. The van der Waals surface area contributed by atoms with E-state index in [0.717, 1.165) is 21.7 Å². The van der Waals surface area contributed by atoms with Crippen LogP contribution in [-0.2, 0) is 9.59 Å². The number of carbonyl (C=O) groups is 3. The average molecular weight is 570 g/mol. The Morgan fingerprint density at radius 2 is 1.52 bits per heavy atom. The Morgan fingerprint density at radius 1 is 0.825 bits per heavy atom. The van der Waals surface area contributed by atoms with E-state index in [-0.39, 0.29) is 17.4 Å². The molecule has 6 nitrogen and oxygen atoms in total. The Hall–Kier alpha value is -4.33. The third-order valence-electron chi connectivity index (χ3n) is 5.85. The number of thioether (sulfide) groups is 1. The van der Waals surface area contributed by atoms with Gasteiger partial charge in [0.15, 0.2) is 0 Å². The summed E-state index contributed by atoms with van der Waals surface area (Å²) in [4.78, 5) is 39.3. The number of rotatable bonds is 9. The van der Waals surface area contributed by atoms with Crippen molar-refractivity contribution >= 4 is 58.5 Å². The molecule has 0 saturated heterocycles. The van der Waals surface area contributed by atoms with Gasteiger partial charge >= 0.3 is 0 Å². The molecule has 0 aliphatic rings. The van der Waals surface area contributed by atoms with Crippen molar-refractivity contribution in [3.63, 3.8) is 0 Å². The molecule has 8 heteroatoms. The third kappa shape index (κ3) is 8.33. The molecule has 0 aliphatic carbocycles. The molecule has 4 aromatic carbocycles. The molecule has 0 bridgehead atoms. The fraction of sp³-hybridized carbons (Fsp3) is 0.0938. The number of hydrogen-bond donors (Lipinski definition) is 3. The minimum atomic E-state index is -0.479. The molecule has 202 valence electrons. The number of carbonyl (C=O) groups excluding carboxylic acids is 3. The van der Waals surface area contributed by atoms with Crippen LogP contribution in [0.15, 0.2) is 108 Å². The molecule has 0 aliphatic heterocycles. The fourth-order valence-corrected chi connectivity index (χ4v) is 4.61. The van der Waals surface area contributed by atoms with Crippen LogP contribution in [-0.4, -0.2) is 23.5 Å². The topological polar surface area (TPSA) is 87.3 Å². The van der Waals surface area contributed by atoms with Crippen molar-refractivity contribution in [3.8, 4) is 0 Å². The highest BCUT2D eigenvalue weighted by Gasteiger charge is 2.15. The van der Waals surface area contributed by atoms with Gasteiger partial charge in [-0.15, -0.1) is 11.8 Å². The van der Waals surface area contributed by atoms with E-state index < -0.39 is 11.8 Å². The molecule has 3 N–H and O–H groups in total. The van der Waals surface area contributed by atoms with E-state index in [4.69, 9.17) is 11.6 Å². The van der Waals surface area contributed by atoms with Gasteiger partial charge in [-0.2, -0.15) is 0 Å². The second-order valence-electron chi connectivity index (χ2n) is 9.06. The van der Waals surface area contributed by atoms with Gasteiger partial charge < -0.3 is 16.0 Å². The van der Waals surface area contributed by atoms with Gasteiger partial charge in [-0.3, -0.25) is 14.4 Å². The average Bonchev–Trinajstić information content (AvgIpc) is 2.95. The highest BCUT2D eigenvalue weighted by atomic mass is 35.5. The van der Waals surface area contributed by atoms with Crippen LogP contribution in [0.5, 0.6) is 0 Å². The summed E-state index contributed by atoms with van der Waals surface area (Å²) >= 11 is 7.38. The zero-order chi connectivity index (χ0) is 28.5. The smallest absolute Gasteiger partial charge is 0.272 e. The van der Waals surface area contributed by atoms with Crippen molar-refractivity contribution in [1.82, 2.24) is 5.32 Å². The number of hydrogen-bond acceptors (Lipinski definition) is 4. The van der Waals surface area contributed by atoms with Gasteiger partial charge in [0.25, 0.3) is 11.8 Å². The van der Waals surface area contributed by atoms with E-state index in [1.807, 2.05) is 50.2 Å². The Balaban J connectivity index is 1.40. The lowest BCUT2D eigenvalue weighted by molar-refractivity contribution is -0.114. The Labute approximate surface area is 242 Å².